The molecule has 3 rings (SSSR count). The van der Waals surface area contributed by atoms with Crippen LogP contribution in [0.15, 0.2) is 66.9 Å². The smallest absolute Gasteiger partial charge is 0.179 e. The summed E-state index contributed by atoms with van der Waals surface area (Å²) in [5.41, 5.74) is 8.55. The number of carbonyl (C=O) groups excluding carboxylic acids is 1. The first-order chi connectivity index (χ1) is 10.2. The van der Waals surface area contributed by atoms with Gasteiger partial charge in [0.15, 0.2) is 5.78 Å². The molecular weight excluding hydrogens is 260 g/mol. The van der Waals surface area contributed by atoms with Crippen LogP contribution in [0.3, 0.4) is 0 Å². The zero-order chi connectivity index (χ0) is 14.7. The number of ketones is 1. The molecule has 0 aliphatic heterocycles. The Labute approximate surface area is 123 Å². The van der Waals surface area contributed by atoms with Gasteiger partial charge >= 0.3 is 0 Å². The number of carbonyl (C=O) groups is 1. The maximum absolute atomic E-state index is 12.4. The van der Waals surface area contributed by atoms with Crippen LogP contribution in [0.5, 0.6) is 0 Å². The van der Waals surface area contributed by atoms with E-state index in [9.17, 15) is 4.79 Å². The molecule has 0 spiro atoms. The molecule has 0 saturated carbocycles. The van der Waals surface area contributed by atoms with Crippen molar-refractivity contribution >= 4 is 16.7 Å². The van der Waals surface area contributed by atoms with E-state index in [2.05, 4.69) is 4.98 Å². The average molecular weight is 276 g/mol. The molecule has 104 valence electrons. The standard InChI is InChI=1S/C18H16N2O/c19-16(11-13-5-2-1-3-6-13)18(21)15-9-8-14-7-4-10-20-17(14)12-15/h1-10,12,16H,11,19H2. The molecule has 3 aromatic rings. The average Bonchev–Trinajstić information content (AvgIpc) is 2.54. The lowest BCUT2D eigenvalue weighted by Crippen LogP contribution is -2.32. The largest absolute Gasteiger partial charge is 0.321 e. The normalized spacial score (nSPS) is 12.2. The van der Waals surface area contributed by atoms with Gasteiger partial charge in [-0.1, -0.05) is 48.5 Å². The highest BCUT2D eigenvalue weighted by atomic mass is 16.1. The zero-order valence-electron chi connectivity index (χ0n) is 11.6. The number of benzene rings is 2. The van der Waals surface area contributed by atoms with Crippen LogP contribution in [-0.2, 0) is 6.42 Å². The zero-order valence-corrected chi connectivity index (χ0v) is 11.6. The van der Waals surface area contributed by atoms with E-state index in [4.69, 9.17) is 5.73 Å². The highest BCUT2D eigenvalue weighted by molar-refractivity contribution is 6.02. The molecule has 1 atom stereocenters. The number of fused-ring (bicyclic) bond motifs is 1. The van der Waals surface area contributed by atoms with Crippen molar-refractivity contribution < 1.29 is 4.79 Å². The fourth-order valence-electron chi connectivity index (χ4n) is 2.39. The summed E-state index contributed by atoms with van der Waals surface area (Å²) in [7, 11) is 0. The maximum atomic E-state index is 12.4. The van der Waals surface area contributed by atoms with E-state index >= 15 is 0 Å². The van der Waals surface area contributed by atoms with E-state index in [1.807, 2.05) is 60.7 Å². The molecule has 3 heteroatoms. The Kier molecular flexibility index (Phi) is 3.75. The minimum atomic E-state index is -0.534. The second-order valence-electron chi connectivity index (χ2n) is 5.07. The third-order valence-electron chi connectivity index (χ3n) is 3.53. The summed E-state index contributed by atoms with van der Waals surface area (Å²) in [6.45, 7) is 0. The van der Waals surface area contributed by atoms with Gasteiger partial charge in [0.25, 0.3) is 0 Å². The van der Waals surface area contributed by atoms with E-state index in [-0.39, 0.29) is 5.78 Å². The molecule has 0 aliphatic rings. The van der Waals surface area contributed by atoms with Crippen molar-refractivity contribution in [1.82, 2.24) is 4.98 Å². The van der Waals surface area contributed by atoms with Gasteiger partial charge in [0, 0.05) is 17.1 Å². The topological polar surface area (TPSA) is 56.0 Å². The summed E-state index contributed by atoms with van der Waals surface area (Å²) >= 11 is 0. The Balaban J connectivity index is 1.82. The lowest BCUT2D eigenvalue weighted by molar-refractivity contribution is 0.0961. The Hall–Kier alpha value is -2.52. The van der Waals surface area contributed by atoms with Crippen LogP contribution in [0.4, 0.5) is 0 Å². The Morgan fingerprint density at radius 2 is 1.86 bits per heavy atom. The first-order valence-electron chi connectivity index (χ1n) is 6.92. The SMILES string of the molecule is NC(Cc1ccccc1)C(=O)c1ccc2cccnc2c1. The first kappa shape index (κ1) is 13.5. The summed E-state index contributed by atoms with van der Waals surface area (Å²) in [4.78, 5) is 16.7. The molecule has 0 saturated heterocycles. The van der Waals surface area contributed by atoms with Crippen LogP contribution >= 0.6 is 0 Å². The van der Waals surface area contributed by atoms with E-state index in [0.29, 0.717) is 12.0 Å². The molecule has 1 unspecified atom stereocenters. The van der Waals surface area contributed by atoms with Crippen LogP contribution in [0, 0.1) is 0 Å². The van der Waals surface area contributed by atoms with Crippen LogP contribution < -0.4 is 5.73 Å². The first-order valence-corrected chi connectivity index (χ1v) is 6.92. The molecule has 0 bridgehead atoms. The van der Waals surface area contributed by atoms with Crippen LogP contribution in [0.25, 0.3) is 10.9 Å². The molecule has 21 heavy (non-hydrogen) atoms. The summed E-state index contributed by atoms with van der Waals surface area (Å²) in [5.74, 6) is -0.0496. The number of aromatic nitrogens is 1. The van der Waals surface area contributed by atoms with Crippen LogP contribution in [0.1, 0.15) is 15.9 Å². The monoisotopic (exact) mass is 276 g/mol. The van der Waals surface area contributed by atoms with E-state index in [1.165, 1.54) is 0 Å². The van der Waals surface area contributed by atoms with Crippen LogP contribution in [0.2, 0.25) is 0 Å². The van der Waals surface area contributed by atoms with Gasteiger partial charge in [0.2, 0.25) is 0 Å². The molecule has 0 amide bonds. The third kappa shape index (κ3) is 2.98. The van der Waals surface area contributed by atoms with Crippen LogP contribution in [-0.4, -0.2) is 16.8 Å². The predicted octanol–water partition coefficient (Wildman–Crippen LogP) is 2.99. The molecule has 2 N–H and O–H groups in total. The van der Waals surface area contributed by atoms with Crippen molar-refractivity contribution in [2.45, 2.75) is 12.5 Å². The maximum Gasteiger partial charge on any atom is 0.179 e. The number of nitrogens with two attached hydrogens (primary N) is 1. The summed E-state index contributed by atoms with van der Waals surface area (Å²) in [6, 6.07) is 18.7. The van der Waals surface area contributed by atoms with Gasteiger partial charge in [-0.15, -0.1) is 0 Å². The van der Waals surface area contributed by atoms with Gasteiger partial charge < -0.3 is 5.73 Å². The van der Waals surface area contributed by atoms with Crippen molar-refractivity contribution in [2.75, 3.05) is 0 Å². The molecule has 0 aliphatic carbocycles. The van der Waals surface area contributed by atoms with Gasteiger partial charge in [-0.3, -0.25) is 9.78 Å². The van der Waals surface area contributed by atoms with Crippen molar-refractivity contribution in [3.05, 3.63) is 78.0 Å². The van der Waals surface area contributed by atoms with Gasteiger partial charge in [-0.2, -0.15) is 0 Å². The summed E-state index contributed by atoms with van der Waals surface area (Å²) in [6.07, 6.45) is 2.26. The summed E-state index contributed by atoms with van der Waals surface area (Å²) < 4.78 is 0. The number of hydrogen-bond acceptors (Lipinski definition) is 3. The number of nitrogens with zero attached hydrogens (tertiary/aromatic N) is 1. The van der Waals surface area contributed by atoms with Crippen molar-refractivity contribution in [3.63, 3.8) is 0 Å². The molecule has 1 aromatic heterocycles. The predicted molar refractivity (Wildman–Crippen MR) is 84.2 cm³/mol. The molecule has 2 aromatic carbocycles. The fraction of sp³-hybridized carbons (Fsp3) is 0.111. The van der Waals surface area contributed by atoms with Gasteiger partial charge in [0.05, 0.1) is 11.6 Å². The van der Waals surface area contributed by atoms with E-state index < -0.39 is 6.04 Å². The van der Waals surface area contributed by atoms with Crippen molar-refractivity contribution in [2.24, 2.45) is 5.73 Å². The number of Topliss-reactive ketones (excluding diaryl/α,β-unsaturated/α-hetero) is 1. The fourth-order valence-corrected chi connectivity index (χ4v) is 2.39. The highest BCUT2D eigenvalue weighted by Crippen LogP contribution is 2.15. The second-order valence-corrected chi connectivity index (χ2v) is 5.07. The minimum Gasteiger partial charge on any atom is -0.321 e. The van der Waals surface area contributed by atoms with E-state index in [0.717, 1.165) is 16.5 Å². The molecule has 3 nitrogen and oxygen atoms in total. The van der Waals surface area contributed by atoms with Gasteiger partial charge in [-0.05, 0) is 24.1 Å². The highest BCUT2D eigenvalue weighted by Gasteiger charge is 2.16. The summed E-state index contributed by atoms with van der Waals surface area (Å²) in [5, 5.41) is 1.02. The van der Waals surface area contributed by atoms with E-state index in [1.54, 1.807) is 6.20 Å². The Morgan fingerprint density at radius 3 is 2.67 bits per heavy atom. The number of hydrogen-bond donors (Lipinski definition) is 1. The van der Waals surface area contributed by atoms with Crippen molar-refractivity contribution in [3.8, 4) is 0 Å². The minimum absolute atomic E-state index is 0.0496. The number of pyridine rings is 1. The molecule has 0 radical (unpaired) electrons. The second kappa shape index (κ2) is 5.85. The lowest BCUT2D eigenvalue weighted by atomic mass is 9.97. The molecular formula is C18H16N2O. The lowest BCUT2D eigenvalue weighted by Gasteiger charge is -2.11. The van der Waals surface area contributed by atoms with Gasteiger partial charge in [-0.25, -0.2) is 0 Å². The molecule has 1 heterocycles. The number of rotatable bonds is 4. The Bertz CT molecular complexity index is 768. The van der Waals surface area contributed by atoms with Crippen molar-refractivity contribution in [1.29, 1.82) is 0 Å². The third-order valence-corrected chi connectivity index (χ3v) is 3.53. The Morgan fingerprint density at radius 1 is 1.05 bits per heavy atom. The molecule has 0 fully saturated rings. The quantitative estimate of drug-likeness (QED) is 0.745. The van der Waals surface area contributed by atoms with Gasteiger partial charge in [0.1, 0.15) is 0 Å².